The molecule has 0 heterocycles. The Morgan fingerprint density at radius 3 is 0.990 bits per heavy atom. The molecule has 559 valence electrons. The van der Waals surface area contributed by atoms with Crippen LogP contribution in [-0.4, -0.2) is 139 Å². The standard InChI is InChI=1S/C27H38F2O6.C24H36O5.2C13H12.C4H6F2O2.CH4.B3.Li.H2N/c1-3-27(19-5-16-4-17(7-19)8-20(27)6-16)34-21(30)12-33-25-10-18-9-24(32,13-25)14-26(11-18,15-25)35-22(31)23(2,28)29;1-2-24(18-4-15-3-16(6-18)7-19(24)5-15)29-20(25)11-28-23-10-17-8-21(26,13-23)12-22(27,9-17)14-23;2*1-3-7-12(8-4-1)11-13-9-5-2-6-10-13;1-4(5,6)3(7)8-2;;1-3-2;;/h16-20,32H,3-15H2,1-2H3;15-19,26-27H,2-14H2,1H3;2*1-10H,11H2;1-2H3;1H4;;;1H2/q;;;;;;;+1;-1. The van der Waals surface area contributed by atoms with Gasteiger partial charge in [0.25, 0.3) is 0 Å². The number of methoxy groups -OCH3 is 1. The van der Waals surface area contributed by atoms with Crippen LogP contribution in [0.2, 0.25) is 0 Å². The van der Waals surface area contributed by atoms with Crippen molar-refractivity contribution in [1.29, 1.82) is 0 Å². The summed E-state index contributed by atoms with van der Waals surface area (Å²) in [6.07, 6.45) is 22.1. The number of alkyl halides is 4. The monoisotopic (exact) mass is 1430 g/mol. The maximum absolute atomic E-state index is 13.6. The average Bonchev–Trinajstić information content (AvgIpc) is 0.719. The van der Waals surface area contributed by atoms with Crippen LogP contribution in [0.25, 0.3) is 6.15 Å². The number of halogens is 4. The van der Waals surface area contributed by atoms with E-state index in [4.69, 9.17) is 23.7 Å². The number of ether oxygens (including phenoxy) is 6. The second-order valence-corrected chi connectivity index (χ2v) is 33.1. The second-order valence-electron chi connectivity index (χ2n) is 33.1. The van der Waals surface area contributed by atoms with Gasteiger partial charge >= 0.3 is 54.6 Å². The maximum Gasteiger partial charge on any atom is 1.00 e. The Hall–Kier alpha value is -4.97. The van der Waals surface area contributed by atoms with E-state index in [1.54, 1.807) is 0 Å². The van der Waals surface area contributed by atoms with Crippen LogP contribution in [0.5, 0.6) is 0 Å². The molecule has 16 saturated carbocycles. The molecule has 16 aliphatic rings. The summed E-state index contributed by atoms with van der Waals surface area (Å²) in [5, 5.41) is 33.1. The summed E-state index contributed by atoms with van der Waals surface area (Å²) in [7, 11) is 10.9. The molecule has 4 aromatic carbocycles. The summed E-state index contributed by atoms with van der Waals surface area (Å²) < 4.78 is 84.7. The zero-order chi connectivity index (χ0) is 72.3. The van der Waals surface area contributed by atoms with E-state index in [2.05, 4.69) is 155 Å². The average molecular weight is 1430 g/mol. The second kappa shape index (κ2) is 34.3. The van der Waals surface area contributed by atoms with Crippen molar-refractivity contribution in [3.8, 4) is 0 Å². The van der Waals surface area contributed by atoms with Gasteiger partial charge in [0.2, 0.25) is 0 Å². The molecular formula is C82H110B3F4LiNO13. The number of carbonyl (C=O) groups is 4. The van der Waals surface area contributed by atoms with Gasteiger partial charge in [0.05, 0.1) is 35.1 Å². The molecule has 4 aromatic rings. The fraction of sp³-hybridized carbons (Fsp3) is 0.659. The molecule has 0 saturated heterocycles. The molecule has 16 aliphatic carbocycles. The van der Waals surface area contributed by atoms with E-state index in [-0.39, 0.29) is 82.0 Å². The van der Waals surface area contributed by atoms with Gasteiger partial charge in [-0.3, -0.25) is 0 Å². The topological polar surface area (TPSA) is 218 Å². The Labute approximate surface area is 630 Å². The number of aliphatic hydroxyl groups is 3. The fourth-order valence-electron chi connectivity index (χ4n) is 22.7. The number of carbonyl (C=O) groups excluding carboxylic acids is 4. The van der Waals surface area contributed by atoms with Crippen LogP contribution in [0, 0.1) is 59.2 Å². The van der Waals surface area contributed by atoms with Gasteiger partial charge in [-0.1, -0.05) is 143 Å². The van der Waals surface area contributed by atoms with E-state index in [1.165, 1.54) is 60.8 Å². The van der Waals surface area contributed by atoms with E-state index in [0.717, 1.165) is 108 Å². The molecule has 20 rings (SSSR count). The van der Waals surface area contributed by atoms with E-state index >= 15 is 0 Å². The van der Waals surface area contributed by atoms with Crippen LogP contribution < -0.4 is 18.9 Å². The van der Waals surface area contributed by atoms with Crippen molar-refractivity contribution in [3.05, 3.63) is 150 Å². The minimum atomic E-state index is -3.60. The maximum atomic E-state index is 13.6. The Morgan fingerprint density at radius 1 is 0.442 bits per heavy atom. The molecule has 22 heteroatoms. The van der Waals surface area contributed by atoms with Crippen LogP contribution in [0.1, 0.15) is 211 Å². The molecule has 0 spiro atoms. The smallest absolute Gasteiger partial charge is 0.693 e. The van der Waals surface area contributed by atoms with Gasteiger partial charge < -0.3 is 49.9 Å². The van der Waals surface area contributed by atoms with Crippen LogP contribution in [0.15, 0.2) is 121 Å². The molecule has 5 radical (unpaired) electrons. The van der Waals surface area contributed by atoms with Gasteiger partial charge in [0, 0.05) is 74.9 Å². The number of hydrogen-bond donors (Lipinski definition) is 3. The van der Waals surface area contributed by atoms with Crippen LogP contribution >= 0.6 is 0 Å². The molecule has 0 aromatic heterocycles. The number of nitrogens with two attached hydrogens (primary N) is 1. The first kappa shape index (κ1) is 84.7. The summed E-state index contributed by atoms with van der Waals surface area (Å²) in [6, 6.07) is 42.1. The summed E-state index contributed by atoms with van der Waals surface area (Å²) in [6.45, 7) is 5.03. The molecule has 6 unspecified atom stereocenters. The third kappa shape index (κ3) is 19.9. The van der Waals surface area contributed by atoms with Gasteiger partial charge in [-0.2, -0.15) is 17.6 Å². The molecule has 16 fully saturated rings. The number of esters is 4. The van der Waals surface area contributed by atoms with Crippen LogP contribution in [-0.2, 0) is 60.4 Å². The van der Waals surface area contributed by atoms with E-state index in [9.17, 15) is 52.1 Å². The van der Waals surface area contributed by atoms with Crippen molar-refractivity contribution in [2.45, 2.75) is 259 Å². The van der Waals surface area contributed by atoms with Crippen molar-refractivity contribution in [1.82, 2.24) is 0 Å². The van der Waals surface area contributed by atoms with Crippen molar-refractivity contribution >= 4 is 46.4 Å². The first-order chi connectivity index (χ1) is 47.9. The van der Waals surface area contributed by atoms with Gasteiger partial charge in [-0.05, 0) is 210 Å². The van der Waals surface area contributed by atoms with Gasteiger partial charge in [-0.15, -0.1) is 0 Å². The van der Waals surface area contributed by atoms with Crippen LogP contribution in [0.3, 0.4) is 0 Å². The molecule has 6 atom stereocenters. The summed E-state index contributed by atoms with van der Waals surface area (Å²) in [4.78, 5) is 48.1. The fourth-order valence-corrected chi connectivity index (χ4v) is 22.7. The number of rotatable bonds is 17. The van der Waals surface area contributed by atoms with Crippen molar-refractivity contribution in [2.75, 3.05) is 20.3 Å². The third-order valence-corrected chi connectivity index (χ3v) is 25.0. The van der Waals surface area contributed by atoms with Crippen molar-refractivity contribution < 1.29 is 99.3 Å². The minimum absolute atomic E-state index is 0. The Kier molecular flexibility index (Phi) is 27.9. The molecule has 0 aliphatic heterocycles. The van der Waals surface area contributed by atoms with E-state index in [1.807, 2.05) is 0 Å². The Bertz CT molecular complexity index is 3220. The zero-order valence-corrected chi connectivity index (χ0v) is 61.4. The first-order valence-electron chi connectivity index (χ1n) is 37.3. The zero-order valence-electron chi connectivity index (χ0n) is 61.4. The predicted molar refractivity (Wildman–Crippen MR) is 390 cm³/mol. The largest absolute Gasteiger partial charge is 1.00 e. The van der Waals surface area contributed by atoms with Crippen molar-refractivity contribution in [3.63, 3.8) is 0 Å². The number of hydrogen-bond acceptors (Lipinski definition) is 13. The van der Waals surface area contributed by atoms with Gasteiger partial charge in [0.1, 0.15) is 30.0 Å². The Morgan fingerprint density at radius 2 is 0.721 bits per heavy atom. The van der Waals surface area contributed by atoms with E-state index < -0.39 is 63.0 Å². The minimum Gasteiger partial charge on any atom is -0.693 e. The normalized spacial score (nSPS) is 35.8. The molecule has 104 heavy (non-hydrogen) atoms. The molecule has 0 amide bonds. The van der Waals surface area contributed by atoms with Crippen molar-refractivity contribution in [2.24, 2.45) is 59.2 Å². The SMILES string of the molecule is C.CCC1(OC(=O)COC23CC4CC(O)(C2)CC(OC(=O)C(C)(F)F)(C4)C3)C2CC3CC(C2)CC1C3.CCC1(OC(=O)COC23CC4CC(O)(CC(O)(C4)C2)C3)C2CC3CC(C2)CC1C3.COC(=O)C(C)(F)F.[B][B][B].[Li+].[NH2-].c1ccc(Cc2ccccc2)cc1.c1ccc(Cc2ccccc2)cc1. The molecule has 16 bridgehead atoms. The quantitative estimate of drug-likeness (QED) is 0.0388. The van der Waals surface area contributed by atoms with E-state index in [0.29, 0.717) is 88.4 Å². The molecule has 5 N–H and O–H groups in total. The predicted octanol–water partition coefficient (Wildman–Crippen LogP) is 12.5. The van der Waals surface area contributed by atoms with Gasteiger partial charge in [0.15, 0.2) is 0 Å². The molecule has 14 nitrogen and oxygen atoms in total. The Balaban J connectivity index is 0.000000177. The number of benzene rings is 4. The summed E-state index contributed by atoms with van der Waals surface area (Å²) in [5.74, 6) is -5.22. The third-order valence-electron chi connectivity index (χ3n) is 25.0. The summed E-state index contributed by atoms with van der Waals surface area (Å²) >= 11 is 0. The first-order valence-corrected chi connectivity index (χ1v) is 37.3. The summed E-state index contributed by atoms with van der Waals surface area (Å²) in [5.41, 5.74) is -0.633. The molecular weight excluding hydrogens is 1320 g/mol. The van der Waals surface area contributed by atoms with Crippen LogP contribution in [0.4, 0.5) is 17.6 Å². The van der Waals surface area contributed by atoms with Gasteiger partial charge in [-0.25, -0.2) is 19.2 Å².